The molecule has 0 spiro atoms. The molecule has 0 fully saturated rings. The lowest BCUT2D eigenvalue weighted by atomic mass is 10.2. The molecule has 1 rings (SSSR count). The largest absolute Gasteiger partial charge is 0.478 e. The van der Waals surface area contributed by atoms with Crippen LogP contribution in [-0.2, 0) is 4.74 Å². The second-order valence-electron chi connectivity index (χ2n) is 2.95. The molecule has 2 N–H and O–H groups in total. The maximum absolute atomic E-state index is 13.0. The molecule has 82 valence electrons. The predicted octanol–water partition coefficient (Wildman–Crippen LogP) is 1.58. The van der Waals surface area contributed by atoms with E-state index in [0.29, 0.717) is 18.8 Å². The van der Waals surface area contributed by atoms with E-state index in [9.17, 15) is 9.18 Å². The Bertz CT molecular complexity index is 355. The lowest BCUT2D eigenvalue weighted by Gasteiger charge is -2.06. The van der Waals surface area contributed by atoms with Crippen molar-refractivity contribution < 1.29 is 19.0 Å². The molecule has 0 radical (unpaired) electrons. The van der Waals surface area contributed by atoms with Gasteiger partial charge in [0.1, 0.15) is 5.82 Å². The molecule has 0 amide bonds. The normalized spacial score (nSPS) is 10.0. The number of carbonyl (C=O) groups is 1. The Hall–Kier alpha value is -1.62. The number of hydrogen-bond donors (Lipinski definition) is 2. The Morgan fingerprint density at radius 2 is 2.27 bits per heavy atom. The van der Waals surface area contributed by atoms with E-state index in [0.717, 1.165) is 6.07 Å². The van der Waals surface area contributed by atoms with Gasteiger partial charge in [-0.15, -0.1) is 0 Å². The van der Waals surface area contributed by atoms with Crippen molar-refractivity contribution >= 4 is 11.7 Å². The Labute approximate surface area is 86.7 Å². The van der Waals surface area contributed by atoms with Crippen molar-refractivity contribution in [2.75, 3.05) is 25.6 Å². The Morgan fingerprint density at radius 3 is 2.87 bits per heavy atom. The van der Waals surface area contributed by atoms with E-state index >= 15 is 0 Å². The summed E-state index contributed by atoms with van der Waals surface area (Å²) in [4.78, 5) is 10.6. The lowest BCUT2D eigenvalue weighted by molar-refractivity contribution is 0.0696. The van der Waals surface area contributed by atoms with Crippen LogP contribution in [0.5, 0.6) is 0 Å². The highest BCUT2D eigenvalue weighted by molar-refractivity contribution is 5.88. The molecule has 0 aliphatic carbocycles. The van der Waals surface area contributed by atoms with Gasteiger partial charge >= 0.3 is 5.97 Å². The SMILES string of the molecule is COCCNc1cc(F)cc(C(=O)O)c1. The quantitative estimate of drug-likeness (QED) is 0.729. The molecule has 0 aromatic heterocycles. The first-order chi connectivity index (χ1) is 7.13. The number of ether oxygens (including phenoxy) is 1. The van der Waals surface area contributed by atoms with Gasteiger partial charge in [0.05, 0.1) is 12.2 Å². The van der Waals surface area contributed by atoms with Crippen molar-refractivity contribution in [1.82, 2.24) is 0 Å². The molecule has 0 heterocycles. The lowest BCUT2D eigenvalue weighted by Crippen LogP contribution is -2.08. The van der Waals surface area contributed by atoms with Gasteiger partial charge in [0.15, 0.2) is 0 Å². The van der Waals surface area contributed by atoms with Gasteiger partial charge < -0.3 is 15.2 Å². The highest BCUT2D eigenvalue weighted by Crippen LogP contribution is 2.13. The van der Waals surface area contributed by atoms with Crippen LogP contribution in [0.25, 0.3) is 0 Å². The van der Waals surface area contributed by atoms with Gasteiger partial charge in [0.25, 0.3) is 0 Å². The smallest absolute Gasteiger partial charge is 0.335 e. The number of nitrogens with one attached hydrogen (secondary N) is 1. The molecular weight excluding hydrogens is 201 g/mol. The summed E-state index contributed by atoms with van der Waals surface area (Å²) in [6.07, 6.45) is 0. The summed E-state index contributed by atoms with van der Waals surface area (Å²) < 4.78 is 17.8. The standard InChI is InChI=1S/C10H12FNO3/c1-15-3-2-12-9-5-7(10(13)14)4-8(11)6-9/h4-6,12H,2-3H2,1H3,(H,13,14). The summed E-state index contributed by atoms with van der Waals surface area (Å²) >= 11 is 0. The summed E-state index contributed by atoms with van der Waals surface area (Å²) in [6, 6.07) is 3.59. The van der Waals surface area contributed by atoms with Crippen molar-refractivity contribution in [3.05, 3.63) is 29.6 Å². The van der Waals surface area contributed by atoms with Gasteiger partial charge in [-0.3, -0.25) is 0 Å². The fraction of sp³-hybridized carbons (Fsp3) is 0.300. The number of rotatable bonds is 5. The third-order valence-corrected chi connectivity index (χ3v) is 1.78. The van der Waals surface area contributed by atoms with Crippen molar-refractivity contribution in [2.24, 2.45) is 0 Å². The first-order valence-electron chi connectivity index (χ1n) is 4.40. The topological polar surface area (TPSA) is 58.6 Å². The third kappa shape index (κ3) is 3.55. The molecule has 1 aromatic carbocycles. The van der Waals surface area contributed by atoms with Gasteiger partial charge in [0.2, 0.25) is 0 Å². The summed E-state index contributed by atoms with van der Waals surface area (Å²) in [6.45, 7) is 0.970. The van der Waals surface area contributed by atoms with Gasteiger partial charge in [-0.25, -0.2) is 9.18 Å². The first-order valence-corrected chi connectivity index (χ1v) is 4.40. The van der Waals surface area contributed by atoms with Crippen LogP contribution in [-0.4, -0.2) is 31.3 Å². The Kier molecular flexibility index (Phi) is 4.05. The molecule has 0 saturated heterocycles. The van der Waals surface area contributed by atoms with Crippen molar-refractivity contribution in [3.63, 3.8) is 0 Å². The highest BCUT2D eigenvalue weighted by atomic mass is 19.1. The molecule has 5 heteroatoms. The van der Waals surface area contributed by atoms with Crippen LogP contribution in [0, 0.1) is 5.82 Å². The van der Waals surface area contributed by atoms with Crippen molar-refractivity contribution in [2.45, 2.75) is 0 Å². The zero-order valence-electron chi connectivity index (χ0n) is 8.29. The third-order valence-electron chi connectivity index (χ3n) is 1.78. The van der Waals surface area contributed by atoms with E-state index in [-0.39, 0.29) is 5.56 Å². The van der Waals surface area contributed by atoms with Crippen LogP contribution < -0.4 is 5.32 Å². The van der Waals surface area contributed by atoms with E-state index < -0.39 is 11.8 Å². The fourth-order valence-corrected chi connectivity index (χ4v) is 1.11. The molecule has 15 heavy (non-hydrogen) atoms. The highest BCUT2D eigenvalue weighted by Gasteiger charge is 2.06. The first kappa shape index (κ1) is 11.5. The van der Waals surface area contributed by atoms with Crippen LogP contribution in [0.4, 0.5) is 10.1 Å². The van der Waals surface area contributed by atoms with Crippen LogP contribution in [0.2, 0.25) is 0 Å². The minimum Gasteiger partial charge on any atom is -0.478 e. The summed E-state index contributed by atoms with van der Waals surface area (Å²) in [5.74, 6) is -1.72. The van der Waals surface area contributed by atoms with E-state index in [1.807, 2.05) is 0 Å². The zero-order chi connectivity index (χ0) is 11.3. The average molecular weight is 213 g/mol. The van der Waals surface area contributed by atoms with E-state index in [4.69, 9.17) is 9.84 Å². The second kappa shape index (κ2) is 5.31. The number of methoxy groups -OCH3 is 1. The maximum Gasteiger partial charge on any atom is 0.335 e. The number of halogens is 1. The minimum absolute atomic E-state index is 0.0742. The summed E-state index contributed by atoms with van der Waals surface area (Å²) in [7, 11) is 1.55. The van der Waals surface area contributed by atoms with Gasteiger partial charge in [0, 0.05) is 19.3 Å². The monoisotopic (exact) mass is 213 g/mol. The second-order valence-corrected chi connectivity index (χ2v) is 2.95. The number of hydrogen-bond acceptors (Lipinski definition) is 3. The number of aromatic carboxylic acids is 1. The summed E-state index contributed by atoms with van der Waals surface area (Å²) in [5, 5.41) is 11.5. The summed E-state index contributed by atoms with van der Waals surface area (Å²) in [5.41, 5.74) is 0.361. The zero-order valence-corrected chi connectivity index (χ0v) is 8.29. The molecule has 1 aromatic rings. The average Bonchev–Trinajstić information content (AvgIpc) is 2.17. The molecular formula is C10H12FNO3. The Balaban J connectivity index is 2.75. The maximum atomic E-state index is 13.0. The number of anilines is 1. The molecule has 0 saturated carbocycles. The van der Waals surface area contributed by atoms with Crippen LogP contribution in [0.1, 0.15) is 10.4 Å². The van der Waals surface area contributed by atoms with E-state index in [1.165, 1.54) is 12.1 Å². The van der Waals surface area contributed by atoms with E-state index in [2.05, 4.69) is 5.32 Å². The molecule has 0 unspecified atom stereocenters. The molecule has 0 bridgehead atoms. The molecule has 0 aliphatic heterocycles. The van der Waals surface area contributed by atoms with Crippen LogP contribution in [0.15, 0.2) is 18.2 Å². The van der Waals surface area contributed by atoms with Gasteiger partial charge in [-0.05, 0) is 18.2 Å². The van der Waals surface area contributed by atoms with Crippen molar-refractivity contribution in [1.29, 1.82) is 0 Å². The number of carboxylic acid groups (broad SMARTS) is 1. The number of benzene rings is 1. The molecule has 4 nitrogen and oxygen atoms in total. The van der Waals surface area contributed by atoms with Gasteiger partial charge in [-0.1, -0.05) is 0 Å². The number of carboxylic acids is 1. The fourth-order valence-electron chi connectivity index (χ4n) is 1.11. The van der Waals surface area contributed by atoms with E-state index in [1.54, 1.807) is 7.11 Å². The Morgan fingerprint density at radius 1 is 1.53 bits per heavy atom. The van der Waals surface area contributed by atoms with Crippen LogP contribution in [0.3, 0.4) is 0 Å². The van der Waals surface area contributed by atoms with Gasteiger partial charge in [-0.2, -0.15) is 0 Å². The molecule has 0 atom stereocenters. The minimum atomic E-state index is -1.15. The van der Waals surface area contributed by atoms with Crippen molar-refractivity contribution in [3.8, 4) is 0 Å². The predicted molar refractivity (Wildman–Crippen MR) is 53.7 cm³/mol. The molecule has 0 aliphatic rings. The van der Waals surface area contributed by atoms with Crippen LogP contribution >= 0.6 is 0 Å².